The number of aromatic nitrogens is 3. The van der Waals surface area contributed by atoms with E-state index in [-0.39, 0.29) is 5.69 Å². The minimum absolute atomic E-state index is 0.208. The van der Waals surface area contributed by atoms with Crippen molar-refractivity contribution in [1.82, 2.24) is 15.0 Å². The van der Waals surface area contributed by atoms with Crippen molar-refractivity contribution in [2.75, 3.05) is 19.5 Å². The molecule has 5 nitrogen and oxygen atoms in total. The number of nitrogens with zero attached hydrogens (tertiary/aromatic N) is 3. The van der Waals surface area contributed by atoms with Crippen LogP contribution in [0.4, 0.5) is 10.3 Å². The van der Waals surface area contributed by atoms with Crippen LogP contribution in [0.1, 0.15) is 0 Å². The molecule has 0 atom stereocenters. The Morgan fingerprint density at radius 2 is 2.06 bits per heavy atom. The number of anilines is 1. The molecule has 0 aliphatic carbocycles. The molecule has 2 heterocycles. The van der Waals surface area contributed by atoms with Crippen LogP contribution in [0, 0.1) is 5.82 Å². The fourth-order valence-corrected chi connectivity index (χ4v) is 1.33. The van der Waals surface area contributed by atoms with Crippen molar-refractivity contribution in [3.05, 3.63) is 30.3 Å². The van der Waals surface area contributed by atoms with Crippen LogP contribution < -0.4 is 10.1 Å². The van der Waals surface area contributed by atoms with Crippen molar-refractivity contribution in [1.29, 1.82) is 0 Å². The van der Waals surface area contributed by atoms with Crippen LogP contribution in [0.3, 0.4) is 0 Å². The highest BCUT2D eigenvalue weighted by Crippen LogP contribution is 2.21. The summed E-state index contributed by atoms with van der Waals surface area (Å²) in [5.41, 5.74) is 0.779. The summed E-state index contributed by atoms with van der Waals surface area (Å²) in [5, 5.41) is 2.75. The van der Waals surface area contributed by atoms with Crippen molar-refractivity contribution >= 4 is 5.95 Å². The summed E-state index contributed by atoms with van der Waals surface area (Å²) in [5.74, 6) is 0.338. The van der Waals surface area contributed by atoms with Gasteiger partial charge >= 0.3 is 0 Å². The summed E-state index contributed by atoms with van der Waals surface area (Å²) in [6.45, 7) is 0. The van der Waals surface area contributed by atoms with Crippen LogP contribution in [-0.2, 0) is 0 Å². The van der Waals surface area contributed by atoms with Gasteiger partial charge in [-0.1, -0.05) is 0 Å². The molecule has 0 fully saturated rings. The predicted molar refractivity (Wildman–Crippen MR) is 61.3 cm³/mol. The number of hydrogen-bond acceptors (Lipinski definition) is 5. The minimum atomic E-state index is -0.490. The molecule has 0 spiro atoms. The van der Waals surface area contributed by atoms with Crippen molar-refractivity contribution in [2.45, 2.75) is 0 Å². The van der Waals surface area contributed by atoms with E-state index in [2.05, 4.69) is 20.3 Å². The number of methoxy groups -OCH3 is 1. The molecule has 0 saturated heterocycles. The molecule has 2 aromatic heterocycles. The number of halogens is 1. The summed E-state index contributed by atoms with van der Waals surface area (Å²) < 4.78 is 18.5. The Hall–Kier alpha value is -2.24. The number of ether oxygens (including phenoxy) is 1. The Bertz CT molecular complexity index is 515. The lowest BCUT2D eigenvalue weighted by atomic mass is 10.2. The zero-order valence-electron chi connectivity index (χ0n) is 9.44. The van der Waals surface area contributed by atoms with Gasteiger partial charge in [-0.2, -0.15) is 0 Å². The first-order valence-corrected chi connectivity index (χ1v) is 4.95. The molecule has 0 unspecified atom stereocenters. The van der Waals surface area contributed by atoms with Gasteiger partial charge < -0.3 is 10.1 Å². The van der Waals surface area contributed by atoms with Gasteiger partial charge in [-0.3, -0.25) is 0 Å². The van der Waals surface area contributed by atoms with Gasteiger partial charge in [-0.15, -0.1) is 0 Å². The zero-order valence-corrected chi connectivity index (χ0v) is 9.44. The molecule has 0 radical (unpaired) electrons. The summed E-state index contributed by atoms with van der Waals surface area (Å²) in [6, 6.07) is 3.34. The number of pyridine rings is 1. The van der Waals surface area contributed by atoms with Crippen molar-refractivity contribution < 1.29 is 9.13 Å². The number of nitrogens with one attached hydrogen (secondary N) is 1. The van der Waals surface area contributed by atoms with E-state index in [0.717, 1.165) is 6.20 Å². The van der Waals surface area contributed by atoms with E-state index in [4.69, 9.17) is 4.74 Å². The second-order valence-electron chi connectivity index (χ2n) is 3.23. The number of rotatable bonds is 3. The first-order chi connectivity index (χ1) is 8.24. The Balaban J connectivity index is 2.43. The zero-order chi connectivity index (χ0) is 12.3. The van der Waals surface area contributed by atoms with E-state index in [1.165, 1.54) is 13.3 Å². The molecule has 88 valence electrons. The normalized spacial score (nSPS) is 10.1. The highest BCUT2D eigenvalue weighted by molar-refractivity contribution is 5.59. The SMILES string of the molecule is CNc1ncc(F)c(-c2ccc(OC)nc2)n1. The van der Waals surface area contributed by atoms with E-state index in [0.29, 0.717) is 17.4 Å². The van der Waals surface area contributed by atoms with E-state index in [9.17, 15) is 4.39 Å². The van der Waals surface area contributed by atoms with Crippen LogP contribution >= 0.6 is 0 Å². The van der Waals surface area contributed by atoms with E-state index in [1.54, 1.807) is 19.2 Å². The monoisotopic (exact) mass is 234 g/mol. The van der Waals surface area contributed by atoms with Crippen LogP contribution in [0.25, 0.3) is 11.3 Å². The maximum absolute atomic E-state index is 13.6. The highest BCUT2D eigenvalue weighted by Gasteiger charge is 2.09. The van der Waals surface area contributed by atoms with E-state index < -0.39 is 5.82 Å². The van der Waals surface area contributed by atoms with Gasteiger partial charge in [0.15, 0.2) is 5.82 Å². The topological polar surface area (TPSA) is 59.9 Å². The van der Waals surface area contributed by atoms with Gasteiger partial charge in [0, 0.05) is 24.9 Å². The fraction of sp³-hybridized carbons (Fsp3) is 0.182. The third-order valence-corrected chi connectivity index (χ3v) is 2.19. The van der Waals surface area contributed by atoms with Gasteiger partial charge in [0.05, 0.1) is 13.3 Å². The summed E-state index contributed by atoms with van der Waals surface area (Å²) in [4.78, 5) is 11.8. The average molecular weight is 234 g/mol. The fourth-order valence-electron chi connectivity index (χ4n) is 1.33. The Morgan fingerprint density at radius 3 is 2.65 bits per heavy atom. The molecule has 2 rings (SSSR count). The highest BCUT2D eigenvalue weighted by atomic mass is 19.1. The standard InChI is InChI=1S/C11H11FN4O/c1-13-11-15-6-8(12)10(16-11)7-3-4-9(17-2)14-5-7/h3-6H,1-2H3,(H,13,15,16). The quantitative estimate of drug-likeness (QED) is 0.876. The lowest BCUT2D eigenvalue weighted by Gasteiger charge is -2.05. The van der Waals surface area contributed by atoms with Gasteiger partial charge in [0.1, 0.15) is 5.69 Å². The summed E-state index contributed by atoms with van der Waals surface area (Å²) in [6.07, 6.45) is 2.63. The van der Waals surface area contributed by atoms with Crippen LogP contribution in [0.2, 0.25) is 0 Å². The molecular formula is C11H11FN4O. The lowest BCUT2D eigenvalue weighted by molar-refractivity contribution is 0.398. The van der Waals surface area contributed by atoms with Crippen molar-refractivity contribution in [3.8, 4) is 17.1 Å². The number of hydrogen-bond donors (Lipinski definition) is 1. The average Bonchev–Trinajstić information content (AvgIpc) is 2.39. The Kier molecular flexibility index (Phi) is 3.13. The minimum Gasteiger partial charge on any atom is -0.481 e. The maximum atomic E-state index is 13.6. The van der Waals surface area contributed by atoms with Crippen LogP contribution in [-0.4, -0.2) is 29.1 Å². The first-order valence-electron chi connectivity index (χ1n) is 4.95. The smallest absolute Gasteiger partial charge is 0.223 e. The molecule has 1 N–H and O–H groups in total. The largest absolute Gasteiger partial charge is 0.481 e. The molecule has 0 aromatic carbocycles. The van der Waals surface area contributed by atoms with Crippen LogP contribution in [0.5, 0.6) is 5.88 Å². The third-order valence-electron chi connectivity index (χ3n) is 2.19. The Morgan fingerprint density at radius 1 is 1.24 bits per heavy atom. The van der Waals surface area contributed by atoms with Crippen molar-refractivity contribution in [3.63, 3.8) is 0 Å². The molecule has 0 aliphatic heterocycles. The predicted octanol–water partition coefficient (Wildman–Crippen LogP) is 1.73. The summed E-state index contributed by atoms with van der Waals surface area (Å²) in [7, 11) is 3.19. The second-order valence-corrected chi connectivity index (χ2v) is 3.23. The third kappa shape index (κ3) is 2.30. The maximum Gasteiger partial charge on any atom is 0.223 e. The molecule has 6 heteroatoms. The second kappa shape index (κ2) is 4.73. The first kappa shape index (κ1) is 11.3. The molecular weight excluding hydrogens is 223 g/mol. The molecule has 0 aliphatic rings. The van der Waals surface area contributed by atoms with Gasteiger partial charge in [0.2, 0.25) is 11.8 Å². The molecule has 0 saturated carbocycles. The summed E-state index contributed by atoms with van der Waals surface area (Å²) >= 11 is 0. The molecule has 17 heavy (non-hydrogen) atoms. The van der Waals surface area contributed by atoms with Gasteiger partial charge in [0.25, 0.3) is 0 Å². The van der Waals surface area contributed by atoms with Crippen molar-refractivity contribution in [2.24, 2.45) is 0 Å². The lowest BCUT2D eigenvalue weighted by Crippen LogP contribution is -2.00. The van der Waals surface area contributed by atoms with Crippen LogP contribution in [0.15, 0.2) is 24.5 Å². The van der Waals surface area contributed by atoms with E-state index >= 15 is 0 Å². The Labute approximate surface area is 97.7 Å². The van der Waals surface area contributed by atoms with E-state index in [1.807, 2.05) is 0 Å². The van der Waals surface area contributed by atoms with Gasteiger partial charge in [-0.05, 0) is 6.07 Å². The molecule has 2 aromatic rings. The molecule has 0 bridgehead atoms. The van der Waals surface area contributed by atoms with Gasteiger partial charge in [-0.25, -0.2) is 19.3 Å². The molecule has 0 amide bonds.